The number of anilines is 1. The molecule has 0 amide bonds. The third-order valence-corrected chi connectivity index (χ3v) is 3.50. The molecule has 0 atom stereocenters. The SMILES string of the molecule is CCCCCCCCNc1nc(=O)[nH]c2nsnc12. The summed E-state index contributed by atoms with van der Waals surface area (Å²) in [5, 5.41) is 3.18. The predicted molar refractivity (Wildman–Crippen MR) is 77.7 cm³/mol. The molecule has 0 saturated carbocycles. The van der Waals surface area contributed by atoms with Crippen LogP contribution in [0.15, 0.2) is 4.79 Å². The van der Waals surface area contributed by atoms with Crippen LogP contribution in [-0.2, 0) is 0 Å². The van der Waals surface area contributed by atoms with E-state index in [2.05, 4.69) is 31.0 Å². The summed E-state index contributed by atoms with van der Waals surface area (Å²) in [5.74, 6) is 0.543. The summed E-state index contributed by atoms with van der Waals surface area (Å²) in [6.45, 7) is 3.03. The quantitative estimate of drug-likeness (QED) is 0.726. The maximum atomic E-state index is 11.3. The first kappa shape index (κ1) is 13.9. The number of hydrogen-bond acceptors (Lipinski definition) is 6. The maximum absolute atomic E-state index is 11.3. The molecule has 2 aromatic heterocycles. The molecule has 0 aliphatic heterocycles. The topological polar surface area (TPSA) is 83.6 Å². The van der Waals surface area contributed by atoms with Crippen molar-refractivity contribution in [1.29, 1.82) is 0 Å². The number of H-pyrrole nitrogens is 1. The predicted octanol–water partition coefficient (Wildman–Crippen LogP) is 2.55. The maximum Gasteiger partial charge on any atom is 0.348 e. The van der Waals surface area contributed by atoms with Gasteiger partial charge in [0.1, 0.15) is 0 Å². The fraction of sp³-hybridized carbons (Fsp3) is 0.667. The fourth-order valence-corrected chi connectivity index (χ4v) is 2.45. The van der Waals surface area contributed by atoms with Gasteiger partial charge in [0.25, 0.3) is 0 Å². The second-order valence-electron chi connectivity index (χ2n) is 4.55. The first-order chi connectivity index (χ1) is 9.31. The van der Waals surface area contributed by atoms with Gasteiger partial charge in [0.05, 0.1) is 11.7 Å². The Balaban J connectivity index is 1.81. The number of nitrogens with one attached hydrogen (secondary N) is 2. The van der Waals surface area contributed by atoms with Crippen LogP contribution >= 0.6 is 11.7 Å². The lowest BCUT2D eigenvalue weighted by Gasteiger charge is -2.05. The zero-order valence-electron chi connectivity index (χ0n) is 11.1. The zero-order valence-corrected chi connectivity index (χ0v) is 11.9. The lowest BCUT2D eigenvalue weighted by atomic mass is 10.1. The summed E-state index contributed by atoms with van der Waals surface area (Å²) in [7, 11) is 0. The average molecular weight is 281 g/mol. The van der Waals surface area contributed by atoms with Crippen LogP contribution in [0.25, 0.3) is 11.2 Å². The van der Waals surface area contributed by atoms with E-state index in [1.807, 2.05) is 0 Å². The highest BCUT2D eigenvalue weighted by Crippen LogP contribution is 2.15. The molecule has 0 radical (unpaired) electrons. The minimum absolute atomic E-state index is 0.384. The van der Waals surface area contributed by atoms with E-state index in [4.69, 9.17) is 0 Å². The number of fused-ring (bicyclic) bond motifs is 1. The van der Waals surface area contributed by atoms with Crippen molar-refractivity contribution in [3.63, 3.8) is 0 Å². The third-order valence-electron chi connectivity index (χ3n) is 2.97. The summed E-state index contributed by atoms with van der Waals surface area (Å²) in [4.78, 5) is 17.8. The molecule has 19 heavy (non-hydrogen) atoms. The van der Waals surface area contributed by atoms with Crippen molar-refractivity contribution >= 4 is 28.7 Å². The molecule has 0 fully saturated rings. The van der Waals surface area contributed by atoms with Crippen LogP contribution in [0.4, 0.5) is 5.82 Å². The van der Waals surface area contributed by atoms with E-state index in [1.54, 1.807) is 0 Å². The molecule has 2 heterocycles. The van der Waals surface area contributed by atoms with E-state index in [0.717, 1.165) is 24.7 Å². The standard InChI is InChI=1S/C12H19N5OS/c1-2-3-4-5-6-7-8-13-10-9-11(17-19-16-9)15-12(18)14-10/h2-8H2,1H3,(H2,13,14,15,17,18). The van der Waals surface area contributed by atoms with Crippen molar-refractivity contribution in [3.05, 3.63) is 10.5 Å². The van der Waals surface area contributed by atoms with Crippen LogP contribution in [0.2, 0.25) is 0 Å². The fourth-order valence-electron chi connectivity index (χ4n) is 1.95. The summed E-state index contributed by atoms with van der Waals surface area (Å²) in [5.41, 5.74) is 0.775. The summed E-state index contributed by atoms with van der Waals surface area (Å²) >= 11 is 1.08. The van der Waals surface area contributed by atoms with Crippen molar-refractivity contribution < 1.29 is 0 Å². The lowest BCUT2D eigenvalue weighted by molar-refractivity contribution is 0.617. The van der Waals surface area contributed by atoms with Gasteiger partial charge in [-0.25, -0.2) is 4.79 Å². The third kappa shape index (κ3) is 3.99. The monoisotopic (exact) mass is 281 g/mol. The molecule has 2 aromatic rings. The Hall–Kier alpha value is -1.50. The zero-order chi connectivity index (χ0) is 13.5. The van der Waals surface area contributed by atoms with E-state index in [0.29, 0.717) is 17.0 Å². The highest BCUT2D eigenvalue weighted by molar-refractivity contribution is 7.00. The van der Waals surface area contributed by atoms with E-state index < -0.39 is 0 Å². The number of rotatable bonds is 8. The summed E-state index contributed by atoms with van der Waals surface area (Å²) < 4.78 is 8.15. The molecular formula is C12H19N5OS. The van der Waals surface area contributed by atoms with Crippen LogP contribution in [0.3, 0.4) is 0 Å². The molecule has 0 bridgehead atoms. The van der Waals surface area contributed by atoms with Crippen molar-refractivity contribution in [2.24, 2.45) is 0 Å². The van der Waals surface area contributed by atoms with Crippen molar-refractivity contribution in [2.45, 2.75) is 45.4 Å². The van der Waals surface area contributed by atoms with Gasteiger partial charge in [-0.05, 0) is 6.42 Å². The summed E-state index contributed by atoms with van der Waals surface area (Å²) in [6, 6.07) is 0. The molecule has 7 heteroatoms. The molecule has 0 spiro atoms. The molecule has 104 valence electrons. The van der Waals surface area contributed by atoms with Gasteiger partial charge in [-0.15, -0.1) is 0 Å². The minimum atomic E-state index is -0.384. The van der Waals surface area contributed by atoms with Crippen LogP contribution in [0, 0.1) is 0 Å². The second-order valence-corrected chi connectivity index (χ2v) is 5.07. The molecule has 0 aliphatic rings. The Morgan fingerprint density at radius 3 is 2.79 bits per heavy atom. The molecule has 0 aromatic carbocycles. The number of aromatic nitrogens is 4. The Kier molecular flexibility index (Phi) is 5.26. The Labute approximate surface area is 116 Å². The molecule has 2 N–H and O–H groups in total. The number of unbranched alkanes of at least 4 members (excludes halogenated alkanes) is 5. The van der Waals surface area contributed by atoms with Gasteiger partial charge >= 0.3 is 5.69 Å². The molecule has 0 saturated heterocycles. The van der Waals surface area contributed by atoms with E-state index >= 15 is 0 Å². The highest BCUT2D eigenvalue weighted by atomic mass is 32.1. The average Bonchev–Trinajstić information content (AvgIpc) is 2.85. The normalized spacial score (nSPS) is 11.0. The van der Waals surface area contributed by atoms with Crippen molar-refractivity contribution in [3.8, 4) is 0 Å². The molecule has 6 nitrogen and oxygen atoms in total. The van der Waals surface area contributed by atoms with Crippen molar-refractivity contribution in [1.82, 2.24) is 18.7 Å². The van der Waals surface area contributed by atoms with E-state index in [-0.39, 0.29) is 5.69 Å². The summed E-state index contributed by atoms with van der Waals surface area (Å²) in [6.07, 6.45) is 7.44. The second kappa shape index (κ2) is 7.18. The Morgan fingerprint density at radius 1 is 1.16 bits per heavy atom. The molecule has 0 aliphatic carbocycles. The smallest absolute Gasteiger partial charge is 0.348 e. The van der Waals surface area contributed by atoms with Gasteiger partial charge in [-0.1, -0.05) is 39.0 Å². The molecule has 0 unspecified atom stereocenters. The lowest BCUT2D eigenvalue weighted by Crippen LogP contribution is -2.14. The molecular weight excluding hydrogens is 262 g/mol. The number of aromatic amines is 1. The number of hydrogen-bond donors (Lipinski definition) is 2. The Morgan fingerprint density at radius 2 is 1.95 bits per heavy atom. The van der Waals surface area contributed by atoms with Gasteiger partial charge in [0.15, 0.2) is 17.0 Å². The molecule has 2 rings (SSSR count). The number of nitrogens with zero attached hydrogens (tertiary/aromatic N) is 3. The largest absolute Gasteiger partial charge is 0.368 e. The van der Waals surface area contributed by atoms with Gasteiger partial charge in [0.2, 0.25) is 0 Å². The van der Waals surface area contributed by atoms with Gasteiger partial charge in [-0.3, -0.25) is 4.98 Å². The first-order valence-corrected chi connectivity index (χ1v) is 7.50. The van der Waals surface area contributed by atoms with Gasteiger partial charge in [0, 0.05) is 6.54 Å². The van der Waals surface area contributed by atoms with E-state index in [1.165, 1.54) is 32.1 Å². The minimum Gasteiger partial charge on any atom is -0.368 e. The first-order valence-electron chi connectivity index (χ1n) is 6.77. The van der Waals surface area contributed by atoms with Gasteiger partial charge < -0.3 is 5.32 Å². The van der Waals surface area contributed by atoms with Crippen LogP contribution in [0.1, 0.15) is 45.4 Å². The van der Waals surface area contributed by atoms with Crippen LogP contribution in [-0.4, -0.2) is 25.3 Å². The van der Waals surface area contributed by atoms with Crippen LogP contribution in [0.5, 0.6) is 0 Å². The van der Waals surface area contributed by atoms with Gasteiger partial charge in [-0.2, -0.15) is 13.7 Å². The Bertz CT molecular complexity index is 564. The van der Waals surface area contributed by atoms with E-state index in [9.17, 15) is 4.79 Å². The van der Waals surface area contributed by atoms with Crippen LogP contribution < -0.4 is 11.0 Å². The highest BCUT2D eigenvalue weighted by Gasteiger charge is 2.08. The van der Waals surface area contributed by atoms with Crippen molar-refractivity contribution in [2.75, 3.05) is 11.9 Å².